The smallest absolute Gasteiger partial charge is 0.316 e. The summed E-state index contributed by atoms with van der Waals surface area (Å²) in [5.74, 6) is -7.89. The maximum Gasteiger partial charge on any atom is 0.316 e. The topological polar surface area (TPSA) is 182 Å². The molecule has 1 aromatic rings. The van der Waals surface area contributed by atoms with Crippen LogP contribution in [0.25, 0.3) is 0 Å². The molecular weight excluding hydrogens is 515 g/mol. The first-order chi connectivity index (χ1) is 14.8. The van der Waals surface area contributed by atoms with Gasteiger partial charge in [-0.15, -0.1) is 24.8 Å². The van der Waals surface area contributed by atoms with Crippen molar-refractivity contribution in [1.82, 2.24) is 4.90 Å². The lowest BCUT2D eigenvalue weighted by atomic mass is 9.55. The summed E-state index contributed by atoms with van der Waals surface area (Å²) in [7, 11) is 3.06. The van der Waals surface area contributed by atoms with E-state index in [1.165, 1.54) is 44.1 Å². The number of nitrogens with zero attached hydrogens (tertiary/aromatic N) is 1. The third-order valence-corrected chi connectivity index (χ3v) is 7.02. The number of aromatic hydroxyl groups is 1. The summed E-state index contributed by atoms with van der Waals surface area (Å²) in [5.41, 5.74) is -0.654. The lowest BCUT2D eigenvalue weighted by Crippen LogP contribution is -2.65. The van der Waals surface area contributed by atoms with Crippen LogP contribution in [0.3, 0.4) is 0 Å². The number of primary amides is 1. The van der Waals surface area contributed by atoms with Crippen molar-refractivity contribution < 1.29 is 39.9 Å². The molecule has 0 aromatic heterocycles. The number of phenolic OH excluding ortho intramolecular Hbond substituents is 1. The van der Waals surface area contributed by atoms with E-state index in [2.05, 4.69) is 0 Å². The molecule has 0 saturated heterocycles. The Morgan fingerprint density at radius 3 is 2.20 bits per heavy atom. The van der Waals surface area contributed by atoms with Crippen molar-refractivity contribution in [3.63, 3.8) is 0 Å². The molecule has 5 atom stereocenters. The fraction of sp³-hybridized carbons (Fsp3) is 0.409. The number of carbonyl (C=O) groups is 3. The van der Waals surface area contributed by atoms with Crippen LogP contribution in [0.2, 0.25) is 0 Å². The van der Waals surface area contributed by atoms with E-state index in [1.54, 1.807) is 0 Å². The Labute approximate surface area is 229 Å². The lowest BCUT2D eigenvalue weighted by molar-refractivity contribution is -0.151. The zero-order chi connectivity index (χ0) is 23.9. The number of ketones is 2. The summed E-state index contributed by atoms with van der Waals surface area (Å²) in [5, 5.41) is 55.0. The van der Waals surface area contributed by atoms with Crippen LogP contribution < -0.4 is 5.73 Å². The molecule has 3 aliphatic carbocycles. The molecule has 10 nitrogen and oxygen atoms in total. The van der Waals surface area contributed by atoms with E-state index in [1.807, 2.05) is 0 Å². The highest BCUT2D eigenvalue weighted by Crippen LogP contribution is 2.56. The molecule has 1 amide bonds. The molecule has 0 bridgehead atoms. The summed E-state index contributed by atoms with van der Waals surface area (Å²) in [6.45, 7) is 1.40. The Bertz CT molecular complexity index is 1170. The largest absolute Gasteiger partial charge is 0.510 e. The Hall–Kier alpha value is -1.86. The van der Waals surface area contributed by atoms with Crippen molar-refractivity contribution in [3.05, 3.63) is 52.0 Å². The molecule has 0 spiro atoms. The van der Waals surface area contributed by atoms with E-state index in [0.29, 0.717) is 0 Å². The van der Waals surface area contributed by atoms with Crippen molar-refractivity contribution in [2.45, 2.75) is 30.6 Å². The molecule has 4 rings (SSSR count). The lowest BCUT2D eigenvalue weighted by Gasteiger charge is -2.52. The summed E-state index contributed by atoms with van der Waals surface area (Å²) in [6.07, 6.45) is -0.200. The first-order valence-corrected chi connectivity index (χ1v) is 9.97. The van der Waals surface area contributed by atoms with Crippen LogP contribution in [0.5, 0.6) is 5.75 Å². The summed E-state index contributed by atoms with van der Waals surface area (Å²) < 4.78 is 0. The number of aliphatic hydroxyl groups excluding tert-OH is 2. The van der Waals surface area contributed by atoms with Crippen molar-refractivity contribution in [3.8, 4) is 5.75 Å². The average molecular weight is 544 g/mol. The molecule has 35 heavy (non-hydrogen) atoms. The van der Waals surface area contributed by atoms with Crippen LogP contribution in [0.1, 0.15) is 29.3 Å². The summed E-state index contributed by atoms with van der Waals surface area (Å²) >= 11 is 0. The zero-order valence-electron chi connectivity index (χ0n) is 18.5. The maximum atomic E-state index is 13.3. The van der Waals surface area contributed by atoms with Crippen LogP contribution in [0.15, 0.2) is 40.9 Å². The minimum atomic E-state index is -2.75. The van der Waals surface area contributed by atoms with Gasteiger partial charge < -0.3 is 31.3 Å². The molecule has 0 heterocycles. The monoisotopic (exact) mass is 542 g/mol. The number of hydrogen-bond acceptors (Lipinski definition) is 9. The number of amides is 1. The number of benzene rings is 1. The third-order valence-electron chi connectivity index (χ3n) is 7.02. The molecule has 0 aliphatic heterocycles. The van der Waals surface area contributed by atoms with Gasteiger partial charge in [0.1, 0.15) is 22.8 Å². The van der Waals surface area contributed by atoms with Crippen molar-refractivity contribution >= 4 is 65.3 Å². The van der Waals surface area contributed by atoms with Crippen LogP contribution in [0, 0.1) is 11.8 Å². The van der Waals surface area contributed by atoms with Crippen LogP contribution in [0.4, 0.5) is 0 Å². The highest BCUT2D eigenvalue weighted by atomic mass is 35.5. The number of fused-ring (bicyclic) bond motifs is 3. The first kappa shape index (κ1) is 31.2. The highest BCUT2D eigenvalue weighted by Gasteiger charge is 2.65. The van der Waals surface area contributed by atoms with Crippen molar-refractivity contribution in [2.75, 3.05) is 14.1 Å². The predicted molar refractivity (Wildman–Crippen MR) is 133 cm³/mol. The van der Waals surface area contributed by atoms with Gasteiger partial charge >= 0.3 is 23.1 Å². The van der Waals surface area contributed by atoms with E-state index in [0.717, 1.165) is 0 Å². The number of phenols is 1. The standard InChI is InChI=1S/C22H24N2O8.2ClH.Mg.2H/c1-21(31)8-5-4-6-11(25)12(8)16(26)13-9(21)7-10-15(24(2)3)17(27)14(20(23)30)19(29)22(10,32)18(13)28;;;;;/h4-6,9-10,15,25,27-28,31-32H,7H2,1-3H3,(H2,23,30);2*1H;;;/t9-,10-,15-,21+,22-;;;;;/m0...../s1. The Balaban J connectivity index is 0.00000204. The Kier molecular flexibility index (Phi) is 8.80. The SMILES string of the molecule is CN(C)[C@@H]1C(O)=C(C(N)=O)C(=O)[C@@]2(O)C(O)=C3C(=O)c4c(O)cccc4[C@@](C)(O)[C@H]3C[C@@H]12.Cl.Cl.[MgH2]. The molecular formula is C22H28Cl2MgN2O8. The molecule has 0 unspecified atom stereocenters. The fourth-order valence-electron chi connectivity index (χ4n) is 5.51. The van der Waals surface area contributed by atoms with Gasteiger partial charge in [0.15, 0.2) is 11.4 Å². The van der Waals surface area contributed by atoms with E-state index >= 15 is 0 Å². The Morgan fingerprint density at radius 1 is 1.11 bits per heavy atom. The zero-order valence-corrected chi connectivity index (χ0v) is 20.1. The summed E-state index contributed by atoms with van der Waals surface area (Å²) in [4.78, 5) is 39.9. The number of nitrogens with two attached hydrogens (primary N) is 1. The van der Waals surface area contributed by atoms with E-state index < -0.39 is 75.0 Å². The van der Waals surface area contributed by atoms with Gasteiger partial charge in [0.05, 0.1) is 17.2 Å². The quantitative estimate of drug-likeness (QED) is 0.216. The van der Waals surface area contributed by atoms with E-state index in [4.69, 9.17) is 5.73 Å². The van der Waals surface area contributed by atoms with Crippen LogP contribution in [-0.2, 0) is 15.2 Å². The number of aliphatic hydroxyl groups is 4. The number of likely N-dealkylation sites (N-methyl/N-ethyl adjacent to an activating group) is 1. The molecule has 0 fully saturated rings. The molecule has 13 heteroatoms. The number of rotatable bonds is 2. The highest BCUT2D eigenvalue weighted by molar-refractivity contribution is 6.24. The predicted octanol–water partition coefficient (Wildman–Crippen LogP) is -0.287. The normalized spacial score (nSPS) is 31.4. The van der Waals surface area contributed by atoms with Crippen LogP contribution >= 0.6 is 24.8 Å². The van der Waals surface area contributed by atoms with E-state index in [9.17, 15) is 39.9 Å². The second-order valence-electron chi connectivity index (χ2n) is 8.96. The first-order valence-electron chi connectivity index (χ1n) is 9.97. The molecule has 0 saturated carbocycles. The van der Waals surface area contributed by atoms with Gasteiger partial charge in [-0.1, -0.05) is 12.1 Å². The number of hydrogen-bond donors (Lipinski definition) is 6. The average Bonchev–Trinajstić information content (AvgIpc) is 2.68. The number of Topliss-reactive ketones (excluding diaryl/α,β-unsaturated/α-hetero) is 2. The molecule has 0 radical (unpaired) electrons. The van der Waals surface area contributed by atoms with Crippen molar-refractivity contribution in [1.29, 1.82) is 0 Å². The minimum absolute atomic E-state index is 0. The van der Waals surface area contributed by atoms with Gasteiger partial charge in [0, 0.05) is 17.4 Å². The second-order valence-corrected chi connectivity index (χ2v) is 8.96. The van der Waals surface area contributed by atoms with Gasteiger partial charge in [0.25, 0.3) is 5.91 Å². The molecule has 3 aliphatic rings. The van der Waals surface area contributed by atoms with Gasteiger partial charge in [-0.3, -0.25) is 19.3 Å². The van der Waals surface area contributed by atoms with E-state index in [-0.39, 0.29) is 65.4 Å². The maximum absolute atomic E-state index is 13.3. The number of halogens is 2. The molecule has 1 aromatic carbocycles. The molecule has 7 N–H and O–H groups in total. The fourth-order valence-corrected chi connectivity index (χ4v) is 5.51. The second kappa shape index (κ2) is 9.89. The van der Waals surface area contributed by atoms with Gasteiger partial charge in [-0.25, -0.2) is 0 Å². The third kappa shape index (κ3) is 3.93. The molecule has 190 valence electrons. The van der Waals surface area contributed by atoms with Gasteiger partial charge in [-0.2, -0.15) is 0 Å². The number of carbonyl (C=O) groups excluding carboxylic acids is 3. The van der Waals surface area contributed by atoms with Gasteiger partial charge in [0.2, 0.25) is 5.78 Å². The van der Waals surface area contributed by atoms with Gasteiger partial charge in [-0.05, 0) is 39.1 Å². The summed E-state index contributed by atoms with van der Waals surface area (Å²) in [6, 6.07) is 3.05. The minimum Gasteiger partial charge on any atom is -0.510 e. The Morgan fingerprint density at radius 2 is 1.69 bits per heavy atom. The van der Waals surface area contributed by atoms with Crippen LogP contribution in [-0.4, -0.2) is 96.7 Å². The van der Waals surface area contributed by atoms with Crippen molar-refractivity contribution in [2.24, 2.45) is 17.6 Å².